The number of unbranched alkanes of at least 4 members (excludes halogenated alkanes) is 3. The van der Waals surface area contributed by atoms with E-state index in [-0.39, 0.29) is 25.0 Å². The van der Waals surface area contributed by atoms with Gasteiger partial charge in [-0.3, -0.25) is 0 Å². The number of aliphatic hydroxyl groups excluding tert-OH is 2. The third-order valence-corrected chi connectivity index (χ3v) is 15.7. The molecule has 4 aromatic rings. The fourth-order valence-electron chi connectivity index (χ4n) is 10.9. The molecule has 10 heteroatoms. The van der Waals surface area contributed by atoms with E-state index >= 15 is 0 Å². The van der Waals surface area contributed by atoms with Gasteiger partial charge in [-0.2, -0.15) is 0 Å². The van der Waals surface area contributed by atoms with Gasteiger partial charge in [0.25, 0.3) is 0 Å². The Morgan fingerprint density at radius 3 is 1.38 bits per heavy atom. The number of aliphatic hydroxyl groups is 2. The van der Waals surface area contributed by atoms with Crippen LogP contribution in [0, 0.1) is 11.8 Å². The molecule has 0 fully saturated rings. The van der Waals surface area contributed by atoms with E-state index < -0.39 is 23.4 Å². The van der Waals surface area contributed by atoms with Gasteiger partial charge in [-0.05, 0) is 152 Å². The molecule has 10 nitrogen and oxygen atoms in total. The van der Waals surface area contributed by atoms with Crippen molar-refractivity contribution in [1.29, 1.82) is 0 Å². The van der Waals surface area contributed by atoms with E-state index in [1.165, 1.54) is 11.1 Å². The van der Waals surface area contributed by atoms with Gasteiger partial charge in [0.05, 0.1) is 11.4 Å². The van der Waals surface area contributed by atoms with Crippen LogP contribution in [0.2, 0.25) is 0 Å². The topological polar surface area (TPSA) is 109 Å². The Morgan fingerprint density at radius 1 is 0.597 bits per heavy atom. The van der Waals surface area contributed by atoms with Crippen LogP contribution in [-0.2, 0) is 9.68 Å². The quantitative estimate of drug-likeness (QED) is 0.0379. The van der Waals surface area contributed by atoms with Gasteiger partial charge in [-0.15, -0.1) is 0 Å². The normalized spacial score (nSPS) is 21.3. The molecule has 0 bridgehead atoms. The number of fused-ring (bicyclic) bond motifs is 2. The highest BCUT2D eigenvalue weighted by molar-refractivity contribution is 6.15. The van der Waals surface area contributed by atoms with Crippen molar-refractivity contribution < 1.29 is 29.4 Å². The maximum absolute atomic E-state index is 11.3. The summed E-state index contributed by atoms with van der Waals surface area (Å²) in [5, 5.41) is 36.7. The summed E-state index contributed by atoms with van der Waals surface area (Å²) in [7, 11) is 0. The predicted octanol–water partition coefficient (Wildman–Crippen LogP) is 13.7. The number of ether oxygens (including phenoxy) is 2. The monoisotopic (exact) mass is 987 g/mol. The maximum atomic E-state index is 11.3. The lowest BCUT2D eigenvalue weighted by Crippen LogP contribution is -2.37. The van der Waals surface area contributed by atoms with Gasteiger partial charge in [0.15, 0.2) is 0 Å². The molecule has 72 heavy (non-hydrogen) atoms. The number of likely N-dealkylation sites (N-methyl/N-ethyl adjacent to an activating group) is 2. The van der Waals surface area contributed by atoms with Crippen molar-refractivity contribution in [1.82, 2.24) is 9.80 Å². The third-order valence-electron chi connectivity index (χ3n) is 15.7. The van der Waals surface area contributed by atoms with Crippen molar-refractivity contribution in [3.05, 3.63) is 107 Å². The molecule has 0 aromatic heterocycles. The second-order valence-corrected chi connectivity index (χ2v) is 21.0. The SMILES string of the molecule is CC/C(C)=C\CCC1(C)ON=C(c2c(OCC(O)CN(CC)CCCCCCN(CC)CC(O)COc3ccc4ccccc4c3C3=NOC(C)(CC/C=C(/C)CC)C3CC)ccc3ccccc23)C1CC. The predicted molar refractivity (Wildman–Crippen MR) is 300 cm³/mol. The Morgan fingerprint density at radius 2 is 1.00 bits per heavy atom. The summed E-state index contributed by atoms with van der Waals surface area (Å²) >= 11 is 0. The lowest BCUT2D eigenvalue weighted by Gasteiger charge is -2.29. The number of hydrogen-bond acceptors (Lipinski definition) is 10. The molecule has 6 unspecified atom stereocenters. The molecule has 0 radical (unpaired) electrons. The van der Waals surface area contributed by atoms with Crippen LogP contribution in [0.25, 0.3) is 21.5 Å². The van der Waals surface area contributed by atoms with Gasteiger partial charge in [0.2, 0.25) is 0 Å². The van der Waals surface area contributed by atoms with E-state index in [4.69, 9.17) is 29.5 Å². The van der Waals surface area contributed by atoms with Crippen molar-refractivity contribution in [2.45, 2.75) is 170 Å². The molecule has 2 aliphatic rings. The molecule has 2 heterocycles. The van der Waals surface area contributed by atoms with Crippen LogP contribution in [0.4, 0.5) is 0 Å². The molecular weight excluding hydrogens is 897 g/mol. The van der Waals surface area contributed by atoms with Crippen LogP contribution in [0.5, 0.6) is 11.5 Å². The molecule has 0 saturated heterocycles. The van der Waals surface area contributed by atoms with Crippen LogP contribution in [0.1, 0.15) is 157 Å². The second-order valence-electron chi connectivity index (χ2n) is 21.0. The van der Waals surface area contributed by atoms with Gasteiger partial charge in [-0.25, -0.2) is 0 Å². The fraction of sp³-hybridized carbons (Fsp3) is 0.581. The van der Waals surface area contributed by atoms with Crippen molar-refractivity contribution >= 4 is 33.0 Å². The summed E-state index contributed by atoms with van der Waals surface area (Å²) in [6.07, 6.45) is 15.3. The first-order chi connectivity index (χ1) is 34.8. The number of rotatable bonds is 31. The Kier molecular flexibility index (Phi) is 21.6. The Balaban J connectivity index is 0.959. The zero-order valence-corrected chi connectivity index (χ0v) is 45.9. The van der Waals surface area contributed by atoms with E-state index in [2.05, 4.69) is 152 Å². The highest BCUT2D eigenvalue weighted by Gasteiger charge is 2.46. The highest BCUT2D eigenvalue weighted by atomic mass is 16.7. The van der Waals surface area contributed by atoms with Crippen molar-refractivity contribution in [3.63, 3.8) is 0 Å². The first kappa shape index (κ1) is 56.6. The molecule has 6 rings (SSSR count). The first-order valence-electron chi connectivity index (χ1n) is 27.8. The first-order valence-corrected chi connectivity index (χ1v) is 27.8. The summed E-state index contributed by atoms with van der Waals surface area (Å²) in [5.41, 5.74) is 5.81. The summed E-state index contributed by atoms with van der Waals surface area (Å²) in [5.74, 6) is 1.70. The number of hydrogen-bond donors (Lipinski definition) is 2. The minimum Gasteiger partial charge on any atom is -0.490 e. The molecule has 2 N–H and O–H groups in total. The lowest BCUT2D eigenvalue weighted by molar-refractivity contribution is -0.0363. The van der Waals surface area contributed by atoms with Crippen LogP contribution >= 0.6 is 0 Å². The lowest BCUT2D eigenvalue weighted by atomic mass is 9.78. The minimum atomic E-state index is -0.643. The number of allylic oxidation sites excluding steroid dienone is 4. The van der Waals surface area contributed by atoms with Gasteiger partial charge >= 0.3 is 0 Å². The van der Waals surface area contributed by atoms with E-state index in [0.717, 1.165) is 159 Å². The highest BCUT2D eigenvalue weighted by Crippen LogP contribution is 2.44. The molecule has 0 spiro atoms. The van der Waals surface area contributed by atoms with Gasteiger partial charge < -0.3 is 39.2 Å². The molecule has 2 aliphatic heterocycles. The molecule has 4 aromatic carbocycles. The zero-order chi connectivity index (χ0) is 51.7. The Hall–Kier alpha value is -4.74. The minimum absolute atomic E-state index is 0.113. The van der Waals surface area contributed by atoms with E-state index in [1.54, 1.807) is 0 Å². The molecular formula is C62H90N4O6. The van der Waals surface area contributed by atoms with E-state index in [1.807, 2.05) is 12.1 Å². The third kappa shape index (κ3) is 14.5. The van der Waals surface area contributed by atoms with Crippen LogP contribution < -0.4 is 9.47 Å². The standard InChI is InChI=1S/C62H90N4O6/c1-11-45(7)27-25-37-61(9)53(13-3)59(63-71-61)57-51-31-21-19-29-47(51)33-35-55(57)69-43-49(67)41-65(15-5)39-23-17-18-24-40-66(16-6)42-50(68)44-70-56-36-34-48-30-20-22-32-52(48)58(56)60-54(14-4)62(10,72-64-60)38-26-28-46(8)12-2/h19-22,27-36,49-50,53-54,67-68H,11-18,23-26,37-44H2,1-10H3/b45-27-,46-28-. The Labute approximate surface area is 433 Å². The number of nitrogens with zero attached hydrogens (tertiary/aromatic N) is 4. The van der Waals surface area contributed by atoms with Gasteiger partial charge in [0, 0.05) is 36.1 Å². The smallest absolute Gasteiger partial charge is 0.143 e. The molecule has 0 aliphatic carbocycles. The largest absolute Gasteiger partial charge is 0.490 e. The zero-order valence-electron chi connectivity index (χ0n) is 45.9. The summed E-state index contributed by atoms with van der Waals surface area (Å²) < 4.78 is 13.0. The van der Waals surface area contributed by atoms with E-state index in [0.29, 0.717) is 13.1 Å². The van der Waals surface area contributed by atoms with Gasteiger partial charge in [0.1, 0.15) is 48.1 Å². The van der Waals surface area contributed by atoms with Crippen LogP contribution in [0.15, 0.2) is 106 Å². The summed E-state index contributed by atoms with van der Waals surface area (Å²) in [6, 6.07) is 25.0. The van der Waals surface area contributed by atoms with Crippen LogP contribution in [0.3, 0.4) is 0 Å². The second kappa shape index (κ2) is 27.5. The van der Waals surface area contributed by atoms with Crippen molar-refractivity contribution in [2.24, 2.45) is 22.1 Å². The van der Waals surface area contributed by atoms with Crippen molar-refractivity contribution in [2.75, 3.05) is 52.5 Å². The Bertz CT molecular complexity index is 2300. The molecule has 0 amide bonds. The number of oxime groups is 2. The fourth-order valence-corrected chi connectivity index (χ4v) is 10.9. The molecule has 394 valence electrons. The number of benzene rings is 4. The molecule has 6 atom stereocenters. The summed E-state index contributed by atoms with van der Waals surface area (Å²) in [6.45, 7) is 27.0. The van der Waals surface area contributed by atoms with E-state index in [9.17, 15) is 10.2 Å². The summed E-state index contributed by atoms with van der Waals surface area (Å²) in [4.78, 5) is 17.3. The maximum Gasteiger partial charge on any atom is 0.143 e. The van der Waals surface area contributed by atoms with Crippen LogP contribution in [-0.4, -0.2) is 107 Å². The average Bonchev–Trinajstić information content (AvgIpc) is 3.91. The molecule has 0 saturated carbocycles. The van der Waals surface area contributed by atoms with Gasteiger partial charge in [-0.1, -0.05) is 149 Å². The average molecular weight is 987 g/mol. The van der Waals surface area contributed by atoms with Crippen molar-refractivity contribution in [3.8, 4) is 11.5 Å².